The van der Waals surface area contributed by atoms with Crippen LogP contribution in [0.2, 0.25) is 0 Å². The van der Waals surface area contributed by atoms with Crippen molar-refractivity contribution >= 4 is 21.6 Å². The van der Waals surface area contributed by atoms with Crippen molar-refractivity contribution in [1.82, 2.24) is 0 Å². The van der Waals surface area contributed by atoms with E-state index in [9.17, 15) is 4.39 Å². The van der Waals surface area contributed by atoms with Gasteiger partial charge in [0.05, 0.1) is 31.0 Å². The van der Waals surface area contributed by atoms with Crippen LogP contribution in [0.25, 0.3) is 0 Å². The van der Waals surface area contributed by atoms with Gasteiger partial charge in [-0.25, -0.2) is 4.39 Å². The van der Waals surface area contributed by atoms with Crippen LogP contribution in [0, 0.1) is 5.82 Å². The molecule has 0 spiro atoms. The minimum absolute atomic E-state index is 0.335. The monoisotopic (exact) mass is 383 g/mol. The summed E-state index contributed by atoms with van der Waals surface area (Å²) in [5.41, 5.74) is 1.71. The highest BCUT2D eigenvalue weighted by molar-refractivity contribution is 9.10. The van der Waals surface area contributed by atoms with Crippen LogP contribution in [-0.2, 0) is 6.54 Å². The largest absolute Gasteiger partial charge is 0.494 e. The molecule has 0 atom stereocenters. The molecule has 0 saturated carbocycles. The van der Waals surface area contributed by atoms with Gasteiger partial charge in [-0.05, 0) is 52.7 Å². The van der Waals surface area contributed by atoms with Gasteiger partial charge in [-0.2, -0.15) is 0 Å². The van der Waals surface area contributed by atoms with Crippen LogP contribution in [0.5, 0.6) is 17.2 Å². The van der Waals surface area contributed by atoms with Crippen LogP contribution in [-0.4, -0.2) is 20.8 Å². The standard InChI is InChI=1S/C17H19BrFNO3/c1-4-23-16-8-11(7-13(18)17(16)22-3)10-20-14-6-5-12(19)9-15(14)21-2/h5-9,20H,4,10H2,1-3H3. The molecule has 0 amide bonds. The molecule has 23 heavy (non-hydrogen) atoms. The Hall–Kier alpha value is -1.95. The normalized spacial score (nSPS) is 10.3. The first-order valence-electron chi connectivity index (χ1n) is 7.15. The molecule has 0 bridgehead atoms. The number of benzene rings is 2. The maximum absolute atomic E-state index is 13.2. The van der Waals surface area contributed by atoms with E-state index in [2.05, 4.69) is 21.2 Å². The molecule has 0 aliphatic heterocycles. The molecule has 0 heterocycles. The van der Waals surface area contributed by atoms with E-state index in [-0.39, 0.29) is 5.82 Å². The zero-order chi connectivity index (χ0) is 16.8. The van der Waals surface area contributed by atoms with E-state index in [1.807, 2.05) is 19.1 Å². The number of anilines is 1. The third-order valence-corrected chi connectivity index (χ3v) is 3.81. The summed E-state index contributed by atoms with van der Waals surface area (Å²) in [6.07, 6.45) is 0. The fourth-order valence-electron chi connectivity index (χ4n) is 2.19. The molecular formula is C17H19BrFNO3. The fraction of sp³-hybridized carbons (Fsp3) is 0.294. The van der Waals surface area contributed by atoms with Gasteiger partial charge >= 0.3 is 0 Å². The van der Waals surface area contributed by atoms with E-state index in [0.717, 1.165) is 15.7 Å². The molecule has 0 aromatic heterocycles. The average Bonchev–Trinajstić information content (AvgIpc) is 2.53. The SMILES string of the molecule is CCOc1cc(CNc2ccc(F)cc2OC)cc(Br)c1OC. The molecule has 0 aliphatic rings. The lowest BCUT2D eigenvalue weighted by Gasteiger charge is -2.15. The predicted octanol–water partition coefficient (Wildman–Crippen LogP) is 4.62. The topological polar surface area (TPSA) is 39.7 Å². The quantitative estimate of drug-likeness (QED) is 0.757. The second kappa shape index (κ2) is 8.06. The lowest BCUT2D eigenvalue weighted by molar-refractivity contribution is 0.309. The zero-order valence-electron chi connectivity index (χ0n) is 13.3. The molecule has 0 saturated heterocycles. The minimum atomic E-state index is -0.335. The molecule has 0 aliphatic carbocycles. The second-order valence-corrected chi connectivity index (χ2v) is 5.59. The Morgan fingerprint density at radius 1 is 1.09 bits per heavy atom. The lowest BCUT2D eigenvalue weighted by Crippen LogP contribution is -2.03. The summed E-state index contributed by atoms with van der Waals surface area (Å²) in [5, 5.41) is 3.23. The van der Waals surface area contributed by atoms with Crippen molar-refractivity contribution in [2.45, 2.75) is 13.5 Å². The van der Waals surface area contributed by atoms with Gasteiger partial charge in [0.1, 0.15) is 11.6 Å². The van der Waals surface area contributed by atoms with Crippen LogP contribution < -0.4 is 19.5 Å². The third kappa shape index (κ3) is 4.28. The Bertz CT molecular complexity index is 679. The van der Waals surface area contributed by atoms with Gasteiger partial charge < -0.3 is 19.5 Å². The second-order valence-electron chi connectivity index (χ2n) is 4.74. The molecule has 6 heteroatoms. The Kier molecular flexibility index (Phi) is 6.10. The summed E-state index contributed by atoms with van der Waals surface area (Å²) >= 11 is 3.49. The van der Waals surface area contributed by atoms with Crippen molar-refractivity contribution in [1.29, 1.82) is 0 Å². The van der Waals surface area contributed by atoms with E-state index in [4.69, 9.17) is 14.2 Å². The first-order chi connectivity index (χ1) is 11.1. The summed E-state index contributed by atoms with van der Waals surface area (Å²) in [5.74, 6) is 1.46. The molecular weight excluding hydrogens is 365 g/mol. The maximum Gasteiger partial charge on any atom is 0.174 e. The van der Waals surface area contributed by atoms with E-state index in [0.29, 0.717) is 30.4 Å². The zero-order valence-corrected chi connectivity index (χ0v) is 14.9. The number of methoxy groups -OCH3 is 2. The summed E-state index contributed by atoms with van der Waals surface area (Å²) in [4.78, 5) is 0. The molecule has 2 rings (SSSR count). The Morgan fingerprint density at radius 2 is 1.87 bits per heavy atom. The van der Waals surface area contributed by atoms with Crippen molar-refractivity contribution in [3.05, 3.63) is 46.2 Å². The molecule has 4 nitrogen and oxygen atoms in total. The minimum Gasteiger partial charge on any atom is -0.494 e. The highest BCUT2D eigenvalue weighted by atomic mass is 79.9. The van der Waals surface area contributed by atoms with Crippen LogP contribution >= 0.6 is 15.9 Å². The Morgan fingerprint density at radius 3 is 2.52 bits per heavy atom. The van der Waals surface area contributed by atoms with Crippen LogP contribution in [0.15, 0.2) is 34.8 Å². The number of hydrogen-bond acceptors (Lipinski definition) is 4. The van der Waals surface area contributed by atoms with Crippen molar-refractivity contribution < 1.29 is 18.6 Å². The van der Waals surface area contributed by atoms with Gasteiger partial charge in [0, 0.05) is 12.6 Å². The van der Waals surface area contributed by atoms with Crippen molar-refractivity contribution in [3.8, 4) is 17.2 Å². The molecule has 1 N–H and O–H groups in total. The molecule has 2 aromatic carbocycles. The Labute approximate surface area is 143 Å². The van der Waals surface area contributed by atoms with Gasteiger partial charge in [0.25, 0.3) is 0 Å². The molecule has 124 valence electrons. The molecule has 0 unspecified atom stereocenters. The number of rotatable bonds is 7. The van der Waals surface area contributed by atoms with Crippen LogP contribution in [0.1, 0.15) is 12.5 Å². The van der Waals surface area contributed by atoms with Gasteiger partial charge in [-0.1, -0.05) is 0 Å². The van der Waals surface area contributed by atoms with E-state index < -0.39 is 0 Å². The third-order valence-electron chi connectivity index (χ3n) is 3.22. The maximum atomic E-state index is 13.2. The van der Waals surface area contributed by atoms with Gasteiger partial charge in [-0.3, -0.25) is 0 Å². The first kappa shape index (κ1) is 17.4. The van der Waals surface area contributed by atoms with E-state index in [1.165, 1.54) is 19.2 Å². The lowest BCUT2D eigenvalue weighted by atomic mass is 10.2. The van der Waals surface area contributed by atoms with E-state index in [1.54, 1.807) is 13.2 Å². The molecule has 0 radical (unpaired) electrons. The van der Waals surface area contributed by atoms with Gasteiger partial charge in [0.15, 0.2) is 11.5 Å². The van der Waals surface area contributed by atoms with Crippen LogP contribution in [0.4, 0.5) is 10.1 Å². The highest BCUT2D eigenvalue weighted by Gasteiger charge is 2.12. The summed E-state index contributed by atoms with van der Waals surface area (Å²) in [6, 6.07) is 8.24. The van der Waals surface area contributed by atoms with Crippen LogP contribution in [0.3, 0.4) is 0 Å². The van der Waals surface area contributed by atoms with Gasteiger partial charge in [-0.15, -0.1) is 0 Å². The summed E-state index contributed by atoms with van der Waals surface area (Å²) in [6.45, 7) is 3.00. The number of hydrogen-bond donors (Lipinski definition) is 1. The number of ether oxygens (including phenoxy) is 3. The Balaban J connectivity index is 2.20. The van der Waals surface area contributed by atoms with E-state index >= 15 is 0 Å². The van der Waals surface area contributed by atoms with Crippen molar-refractivity contribution in [2.75, 3.05) is 26.1 Å². The number of nitrogens with one attached hydrogen (secondary N) is 1. The number of halogens is 2. The fourth-order valence-corrected chi connectivity index (χ4v) is 2.84. The average molecular weight is 384 g/mol. The first-order valence-corrected chi connectivity index (χ1v) is 7.95. The van der Waals surface area contributed by atoms with Crippen molar-refractivity contribution in [2.24, 2.45) is 0 Å². The molecule has 2 aromatic rings. The summed E-state index contributed by atoms with van der Waals surface area (Å²) < 4.78 is 30.2. The summed E-state index contributed by atoms with van der Waals surface area (Å²) in [7, 11) is 3.11. The van der Waals surface area contributed by atoms with Crippen molar-refractivity contribution in [3.63, 3.8) is 0 Å². The van der Waals surface area contributed by atoms with Gasteiger partial charge in [0.2, 0.25) is 0 Å². The molecule has 0 fully saturated rings. The smallest absolute Gasteiger partial charge is 0.174 e. The predicted molar refractivity (Wildman–Crippen MR) is 92.1 cm³/mol. The highest BCUT2D eigenvalue weighted by Crippen LogP contribution is 2.37.